The first-order valence-electron chi connectivity index (χ1n) is 11.8. The lowest BCUT2D eigenvalue weighted by molar-refractivity contribution is -0.211. The molecule has 0 heterocycles. The molecule has 3 fully saturated rings. The predicted molar refractivity (Wildman–Crippen MR) is 131 cm³/mol. The minimum Gasteiger partial charge on any atom is -0.391 e. The third-order valence-corrected chi connectivity index (χ3v) is 10.0. The summed E-state index contributed by atoms with van der Waals surface area (Å²) >= 11 is 6.21. The number of aliphatic hydroxyl groups is 3. The zero-order valence-corrected chi connectivity index (χ0v) is 21.5. The summed E-state index contributed by atoms with van der Waals surface area (Å²) < 4.78 is 59.0. The number of nitrogens with one attached hydrogen (secondary N) is 1. The summed E-state index contributed by atoms with van der Waals surface area (Å²) in [7, 11) is -3.98. The molecular formula is C25H28ClF2NO7S. The molecule has 2 unspecified atom stereocenters. The predicted octanol–water partition coefficient (Wildman–Crippen LogP) is 2.93. The summed E-state index contributed by atoms with van der Waals surface area (Å²) in [4.78, 5) is 12.4. The second kappa shape index (κ2) is 10.5. The maximum Gasteiger partial charge on any atom is 0.255 e. The first-order valence-corrected chi connectivity index (χ1v) is 13.7. The molecule has 202 valence electrons. The fourth-order valence-corrected chi connectivity index (χ4v) is 7.45. The van der Waals surface area contributed by atoms with E-state index in [9.17, 15) is 37.3 Å². The van der Waals surface area contributed by atoms with Gasteiger partial charge < -0.3 is 25.4 Å². The minimum absolute atomic E-state index is 0.00176. The Hall–Kier alpha value is -2.15. The number of hydrogen-bond acceptors (Lipinski definition) is 7. The molecule has 3 aliphatic rings. The molecule has 0 aromatic heterocycles. The van der Waals surface area contributed by atoms with E-state index in [1.165, 1.54) is 25.1 Å². The monoisotopic (exact) mass is 559 g/mol. The molecule has 12 heteroatoms. The summed E-state index contributed by atoms with van der Waals surface area (Å²) in [6.07, 6.45) is -1.11. The summed E-state index contributed by atoms with van der Waals surface area (Å²) in [6.45, 7) is 1.18. The van der Waals surface area contributed by atoms with Gasteiger partial charge in [0.05, 0.1) is 40.1 Å². The van der Waals surface area contributed by atoms with Gasteiger partial charge >= 0.3 is 0 Å². The van der Waals surface area contributed by atoms with E-state index in [0.29, 0.717) is 6.42 Å². The minimum atomic E-state index is -3.98. The fourth-order valence-electron chi connectivity index (χ4n) is 5.05. The van der Waals surface area contributed by atoms with Gasteiger partial charge in [0, 0.05) is 17.3 Å². The van der Waals surface area contributed by atoms with E-state index in [2.05, 4.69) is 5.32 Å². The van der Waals surface area contributed by atoms with Gasteiger partial charge in [-0.1, -0.05) is 11.6 Å². The number of amides is 1. The Labute approximate surface area is 218 Å². The largest absolute Gasteiger partial charge is 0.391 e. The van der Waals surface area contributed by atoms with Crippen LogP contribution in [0.15, 0.2) is 41.3 Å². The van der Waals surface area contributed by atoms with Crippen LogP contribution in [-0.2, 0) is 14.6 Å². The molecule has 2 aromatic carbocycles. The Balaban J connectivity index is 1.46. The van der Waals surface area contributed by atoms with E-state index in [1.807, 2.05) is 0 Å². The highest BCUT2D eigenvalue weighted by molar-refractivity contribution is 7.92. The number of benzene rings is 2. The Morgan fingerprint density at radius 2 is 1.81 bits per heavy atom. The van der Waals surface area contributed by atoms with Crippen LogP contribution in [0.1, 0.15) is 36.5 Å². The number of carbonyl (C=O) groups is 1. The van der Waals surface area contributed by atoms with Gasteiger partial charge in [-0.05, 0) is 68.4 Å². The van der Waals surface area contributed by atoms with Crippen LogP contribution >= 0.6 is 11.6 Å². The zero-order valence-electron chi connectivity index (χ0n) is 19.9. The van der Waals surface area contributed by atoms with Crippen molar-refractivity contribution in [2.45, 2.75) is 54.1 Å². The average molecular weight is 560 g/mol. The van der Waals surface area contributed by atoms with Crippen molar-refractivity contribution in [2.24, 2.45) is 11.8 Å². The van der Waals surface area contributed by atoms with Crippen molar-refractivity contribution in [3.63, 3.8) is 0 Å². The third kappa shape index (κ3) is 5.52. The van der Waals surface area contributed by atoms with Crippen molar-refractivity contribution < 1.29 is 42.0 Å². The first kappa shape index (κ1) is 27.9. The quantitative estimate of drug-likeness (QED) is 0.371. The van der Waals surface area contributed by atoms with Gasteiger partial charge in [0.15, 0.2) is 21.5 Å². The van der Waals surface area contributed by atoms with E-state index in [1.54, 1.807) is 0 Å². The van der Waals surface area contributed by atoms with Crippen LogP contribution in [0.25, 0.3) is 0 Å². The van der Waals surface area contributed by atoms with Gasteiger partial charge in [-0.2, -0.15) is 0 Å². The molecule has 0 spiro atoms. The Bertz CT molecular complexity index is 1280. The van der Waals surface area contributed by atoms with Crippen LogP contribution in [0, 0.1) is 23.5 Å². The van der Waals surface area contributed by atoms with Crippen molar-refractivity contribution in [1.82, 2.24) is 0 Å². The van der Waals surface area contributed by atoms with Gasteiger partial charge in [-0.25, -0.2) is 17.2 Å². The first-order chi connectivity index (χ1) is 17.3. The van der Waals surface area contributed by atoms with Crippen molar-refractivity contribution in [2.75, 3.05) is 18.5 Å². The van der Waals surface area contributed by atoms with E-state index in [0.717, 1.165) is 18.2 Å². The third-order valence-electron chi connectivity index (χ3n) is 7.37. The summed E-state index contributed by atoms with van der Waals surface area (Å²) in [5, 5.41) is 31.6. The molecular weight excluding hydrogens is 532 g/mol. The maximum absolute atomic E-state index is 13.5. The highest BCUT2D eigenvalue weighted by Crippen LogP contribution is 2.55. The number of carbonyl (C=O) groups excluding carboxylic acids is 1. The number of rotatable bonds is 9. The van der Waals surface area contributed by atoms with Crippen LogP contribution in [0.4, 0.5) is 14.5 Å². The van der Waals surface area contributed by atoms with Crippen molar-refractivity contribution in [1.29, 1.82) is 0 Å². The number of ether oxygens (including phenoxy) is 1. The smallest absolute Gasteiger partial charge is 0.255 e. The van der Waals surface area contributed by atoms with Gasteiger partial charge in [0.25, 0.3) is 5.91 Å². The van der Waals surface area contributed by atoms with Crippen LogP contribution in [0.3, 0.4) is 0 Å². The number of halogens is 3. The molecule has 0 radical (unpaired) electrons. The number of aliphatic hydroxyl groups excluding tert-OH is 2. The molecule has 3 saturated carbocycles. The van der Waals surface area contributed by atoms with Crippen LogP contribution in [-0.4, -0.2) is 65.9 Å². The summed E-state index contributed by atoms with van der Waals surface area (Å²) in [5.41, 5.74) is -1.26. The lowest BCUT2D eigenvalue weighted by atomic mass is 9.54. The summed E-state index contributed by atoms with van der Waals surface area (Å²) in [6, 6.07) is 6.61. The fraction of sp³-hybridized carbons (Fsp3) is 0.480. The van der Waals surface area contributed by atoms with Crippen LogP contribution in [0.2, 0.25) is 5.02 Å². The summed E-state index contributed by atoms with van der Waals surface area (Å²) in [5.74, 6) is -3.62. The Morgan fingerprint density at radius 3 is 2.43 bits per heavy atom. The molecule has 37 heavy (non-hydrogen) atoms. The lowest BCUT2D eigenvalue weighted by Gasteiger charge is -2.58. The van der Waals surface area contributed by atoms with Gasteiger partial charge in [-0.3, -0.25) is 4.79 Å². The zero-order chi connectivity index (χ0) is 27.1. The molecule has 4 N–H and O–H groups in total. The van der Waals surface area contributed by atoms with Crippen molar-refractivity contribution in [3.8, 4) is 0 Å². The molecule has 8 nitrogen and oxygen atoms in total. The van der Waals surface area contributed by atoms with E-state index < -0.39 is 50.4 Å². The van der Waals surface area contributed by atoms with Crippen LogP contribution < -0.4 is 5.32 Å². The standard InChI is InChI=1S/C25H28ClF2NO7S/c1-13(30)22(31)11-36-12-25(33)15-7-16(25)9-18(8-15)37(34,35)23-6-14(2-4-19(23)26)24(32)29-17-3-5-20(27)21(28)10-17/h2-6,10,13,15-16,18,22,30-31,33H,7-9,11-12H2,1H3,(H,29,32)/t13-,15?,16?,18?,22-,25?/m1/s1. The van der Waals surface area contributed by atoms with Gasteiger partial charge in [0.2, 0.25) is 0 Å². The van der Waals surface area contributed by atoms with Crippen molar-refractivity contribution >= 4 is 33.0 Å². The van der Waals surface area contributed by atoms with Gasteiger partial charge in [0.1, 0.15) is 6.10 Å². The number of hydrogen-bond donors (Lipinski definition) is 4. The van der Waals surface area contributed by atoms with Crippen LogP contribution in [0.5, 0.6) is 0 Å². The molecule has 2 aromatic rings. The molecule has 1 amide bonds. The number of fused-ring (bicyclic) bond motifs is 2. The Kier molecular flexibility index (Phi) is 7.95. The Morgan fingerprint density at radius 1 is 1.14 bits per heavy atom. The van der Waals surface area contributed by atoms with Crippen molar-refractivity contribution in [3.05, 3.63) is 58.6 Å². The molecule has 3 aliphatic carbocycles. The number of anilines is 1. The average Bonchev–Trinajstić information content (AvgIpc) is 2.86. The van der Waals surface area contributed by atoms with E-state index in [4.69, 9.17) is 16.3 Å². The maximum atomic E-state index is 13.5. The van der Waals surface area contributed by atoms with E-state index in [-0.39, 0.29) is 59.1 Å². The van der Waals surface area contributed by atoms with Gasteiger partial charge in [-0.15, -0.1) is 0 Å². The molecule has 0 aliphatic heterocycles. The molecule has 0 saturated heterocycles. The second-order valence-corrected chi connectivity index (χ2v) is 12.4. The highest BCUT2D eigenvalue weighted by atomic mass is 35.5. The molecule has 2 bridgehead atoms. The topological polar surface area (TPSA) is 133 Å². The highest BCUT2D eigenvalue weighted by Gasteiger charge is 2.60. The lowest BCUT2D eigenvalue weighted by Crippen LogP contribution is -2.64. The van der Waals surface area contributed by atoms with E-state index >= 15 is 0 Å². The number of sulfone groups is 1. The SMILES string of the molecule is C[C@@H](O)[C@H](O)COCC1(O)C2CC1CC(S(=O)(=O)c1cc(C(=O)Nc3ccc(F)c(F)c3)ccc1Cl)C2. The second-order valence-electron chi connectivity index (χ2n) is 9.81. The molecule has 4 atom stereocenters. The normalized spacial score (nSPS) is 26.7. The molecule has 5 rings (SSSR count).